The van der Waals surface area contributed by atoms with Crippen molar-refractivity contribution in [1.82, 2.24) is 4.90 Å². The van der Waals surface area contributed by atoms with Crippen LogP contribution >= 0.6 is 23.1 Å². The number of urea groups is 1. The molecule has 5 heteroatoms. The molecule has 1 fully saturated rings. The number of carbonyl (C=O) groups is 1. The minimum absolute atomic E-state index is 0.0114. The molecule has 1 aliphatic rings. The van der Waals surface area contributed by atoms with Gasteiger partial charge < -0.3 is 10.2 Å². The van der Waals surface area contributed by atoms with Gasteiger partial charge in [-0.2, -0.15) is 0 Å². The molecule has 1 aliphatic heterocycles. The lowest BCUT2D eigenvalue weighted by atomic mass is 10.1. The van der Waals surface area contributed by atoms with Crippen molar-refractivity contribution in [2.45, 2.75) is 18.7 Å². The van der Waals surface area contributed by atoms with Crippen LogP contribution in [0.4, 0.5) is 10.5 Å². The standard InChI is InChI=1S/C16H18N2OS2/c1-2-12-5-7-13(8-6-12)17-16(19)18-9-11-21-15(18)14-4-3-10-20-14/h3-8,10,15H,2,9,11H2,1H3,(H,17,19)/t15-/m1/s1. The average Bonchev–Trinajstić information content (AvgIpc) is 3.18. The Morgan fingerprint density at radius 2 is 2.14 bits per heavy atom. The maximum atomic E-state index is 12.5. The Morgan fingerprint density at radius 3 is 2.81 bits per heavy atom. The first-order valence-corrected chi connectivity index (χ1v) is 9.02. The van der Waals surface area contributed by atoms with Crippen molar-refractivity contribution in [1.29, 1.82) is 0 Å². The van der Waals surface area contributed by atoms with Gasteiger partial charge in [-0.05, 0) is 35.6 Å². The number of aryl methyl sites for hydroxylation is 1. The SMILES string of the molecule is CCc1ccc(NC(=O)N2CCS[C@@H]2c2cccs2)cc1. The highest BCUT2D eigenvalue weighted by Crippen LogP contribution is 2.40. The summed E-state index contributed by atoms with van der Waals surface area (Å²) >= 11 is 3.54. The highest BCUT2D eigenvalue weighted by atomic mass is 32.2. The number of benzene rings is 1. The fraction of sp³-hybridized carbons (Fsp3) is 0.312. The number of anilines is 1. The van der Waals surface area contributed by atoms with E-state index in [9.17, 15) is 4.79 Å². The summed E-state index contributed by atoms with van der Waals surface area (Å²) in [7, 11) is 0. The Morgan fingerprint density at radius 1 is 1.33 bits per heavy atom. The summed E-state index contributed by atoms with van der Waals surface area (Å²) in [5.74, 6) is 0.991. The van der Waals surface area contributed by atoms with E-state index in [1.54, 1.807) is 11.3 Å². The maximum absolute atomic E-state index is 12.5. The van der Waals surface area contributed by atoms with Crippen molar-refractivity contribution in [3.8, 4) is 0 Å². The largest absolute Gasteiger partial charge is 0.323 e. The fourth-order valence-corrected chi connectivity index (χ4v) is 4.60. The lowest BCUT2D eigenvalue weighted by molar-refractivity contribution is 0.215. The molecule has 0 saturated carbocycles. The predicted octanol–water partition coefficient (Wildman–Crippen LogP) is 4.59. The number of thiophene rings is 1. The van der Waals surface area contributed by atoms with E-state index >= 15 is 0 Å². The highest BCUT2D eigenvalue weighted by molar-refractivity contribution is 7.99. The summed E-state index contributed by atoms with van der Waals surface area (Å²) in [6.45, 7) is 2.92. The second kappa shape index (κ2) is 6.54. The van der Waals surface area contributed by atoms with E-state index in [0.717, 1.165) is 24.4 Å². The molecule has 1 N–H and O–H groups in total. The Kier molecular flexibility index (Phi) is 4.51. The molecule has 21 heavy (non-hydrogen) atoms. The van der Waals surface area contributed by atoms with Gasteiger partial charge in [0.15, 0.2) is 0 Å². The molecule has 0 unspecified atom stereocenters. The van der Waals surface area contributed by atoms with Crippen LogP contribution in [0.25, 0.3) is 0 Å². The lowest BCUT2D eigenvalue weighted by Gasteiger charge is -2.23. The van der Waals surface area contributed by atoms with Crippen molar-refractivity contribution >= 4 is 34.8 Å². The Balaban J connectivity index is 1.69. The van der Waals surface area contributed by atoms with Crippen molar-refractivity contribution in [3.05, 3.63) is 52.2 Å². The third kappa shape index (κ3) is 3.24. The minimum Gasteiger partial charge on any atom is -0.308 e. The molecular formula is C16H18N2OS2. The van der Waals surface area contributed by atoms with Crippen LogP contribution in [0.1, 0.15) is 22.7 Å². The normalized spacial score (nSPS) is 18.0. The molecule has 0 aliphatic carbocycles. The molecule has 0 radical (unpaired) electrons. The van der Waals surface area contributed by atoms with E-state index < -0.39 is 0 Å². The van der Waals surface area contributed by atoms with E-state index in [2.05, 4.69) is 35.8 Å². The highest BCUT2D eigenvalue weighted by Gasteiger charge is 2.31. The first-order valence-electron chi connectivity index (χ1n) is 7.09. The summed E-state index contributed by atoms with van der Waals surface area (Å²) in [5, 5.41) is 5.22. The molecule has 3 rings (SSSR count). The van der Waals surface area contributed by atoms with Crippen LogP contribution in [0.5, 0.6) is 0 Å². The van der Waals surface area contributed by atoms with Crippen LogP contribution in [-0.4, -0.2) is 23.2 Å². The van der Waals surface area contributed by atoms with Crippen LogP contribution in [0.3, 0.4) is 0 Å². The van der Waals surface area contributed by atoms with Crippen molar-refractivity contribution in [2.75, 3.05) is 17.6 Å². The Hall–Kier alpha value is -1.46. The number of rotatable bonds is 3. The molecule has 0 bridgehead atoms. The molecule has 2 heterocycles. The molecule has 110 valence electrons. The lowest BCUT2D eigenvalue weighted by Crippen LogP contribution is -2.34. The van der Waals surface area contributed by atoms with Crippen molar-refractivity contribution in [3.63, 3.8) is 0 Å². The topological polar surface area (TPSA) is 32.3 Å². The van der Waals surface area contributed by atoms with Crippen molar-refractivity contribution < 1.29 is 4.79 Å². The van der Waals surface area contributed by atoms with Crippen LogP contribution in [0.15, 0.2) is 41.8 Å². The summed E-state index contributed by atoms with van der Waals surface area (Å²) in [6, 6.07) is 12.2. The quantitative estimate of drug-likeness (QED) is 0.897. The molecule has 1 aromatic carbocycles. The second-order valence-electron chi connectivity index (χ2n) is 4.91. The van der Waals surface area contributed by atoms with Gasteiger partial charge in [0.05, 0.1) is 0 Å². The van der Waals surface area contributed by atoms with E-state index in [1.165, 1.54) is 10.4 Å². The van der Waals surface area contributed by atoms with Crippen LogP contribution in [0, 0.1) is 0 Å². The maximum Gasteiger partial charge on any atom is 0.323 e. The fourth-order valence-electron chi connectivity index (χ4n) is 2.36. The zero-order chi connectivity index (χ0) is 14.7. The molecule has 1 atom stereocenters. The van der Waals surface area contributed by atoms with Crippen molar-refractivity contribution in [2.24, 2.45) is 0 Å². The van der Waals surface area contributed by atoms with Gasteiger partial charge in [0.25, 0.3) is 0 Å². The van der Waals surface area contributed by atoms with Gasteiger partial charge in [-0.25, -0.2) is 4.79 Å². The third-order valence-electron chi connectivity index (χ3n) is 3.55. The van der Waals surface area contributed by atoms with E-state index in [1.807, 2.05) is 34.9 Å². The summed E-state index contributed by atoms with van der Waals surface area (Å²) in [5.41, 5.74) is 2.14. The molecule has 2 amide bonds. The van der Waals surface area contributed by atoms with Gasteiger partial charge in [-0.15, -0.1) is 23.1 Å². The monoisotopic (exact) mass is 318 g/mol. The van der Waals surface area contributed by atoms with Crippen LogP contribution in [-0.2, 0) is 6.42 Å². The van der Waals surface area contributed by atoms with Gasteiger partial charge >= 0.3 is 6.03 Å². The molecule has 1 saturated heterocycles. The van der Waals surface area contributed by atoms with E-state index in [-0.39, 0.29) is 11.4 Å². The molecular weight excluding hydrogens is 300 g/mol. The third-order valence-corrected chi connectivity index (χ3v) is 5.87. The first-order chi connectivity index (χ1) is 10.3. The van der Waals surface area contributed by atoms with Gasteiger partial charge in [-0.3, -0.25) is 0 Å². The van der Waals surface area contributed by atoms with Gasteiger partial charge in [0.1, 0.15) is 5.37 Å². The number of hydrogen-bond acceptors (Lipinski definition) is 3. The van der Waals surface area contributed by atoms with Crippen LogP contribution in [0.2, 0.25) is 0 Å². The minimum atomic E-state index is -0.0114. The predicted molar refractivity (Wildman–Crippen MR) is 91.1 cm³/mol. The number of carbonyl (C=O) groups excluding carboxylic acids is 1. The number of nitrogens with zero attached hydrogens (tertiary/aromatic N) is 1. The summed E-state index contributed by atoms with van der Waals surface area (Å²) in [4.78, 5) is 15.6. The van der Waals surface area contributed by atoms with Crippen LogP contribution < -0.4 is 5.32 Å². The average molecular weight is 318 g/mol. The zero-order valence-corrected chi connectivity index (χ0v) is 13.5. The molecule has 0 spiro atoms. The number of amides is 2. The summed E-state index contributed by atoms with van der Waals surface area (Å²) in [6.07, 6.45) is 1.01. The summed E-state index contributed by atoms with van der Waals surface area (Å²) < 4.78 is 0. The Labute approximate surface area is 133 Å². The second-order valence-corrected chi connectivity index (χ2v) is 7.08. The Bertz CT molecular complexity index is 595. The number of nitrogens with one attached hydrogen (secondary N) is 1. The number of thioether (sulfide) groups is 1. The molecule has 2 aromatic rings. The van der Waals surface area contributed by atoms with Gasteiger partial charge in [0, 0.05) is 22.9 Å². The molecule has 3 nitrogen and oxygen atoms in total. The smallest absolute Gasteiger partial charge is 0.308 e. The number of hydrogen-bond donors (Lipinski definition) is 1. The van der Waals surface area contributed by atoms with E-state index in [0.29, 0.717) is 0 Å². The van der Waals surface area contributed by atoms with Gasteiger partial charge in [0.2, 0.25) is 0 Å². The molecule has 1 aromatic heterocycles. The van der Waals surface area contributed by atoms with E-state index in [4.69, 9.17) is 0 Å². The first kappa shape index (κ1) is 14.5. The zero-order valence-electron chi connectivity index (χ0n) is 11.9. The van der Waals surface area contributed by atoms with Gasteiger partial charge in [-0.1, -0.05) is 25.1 Å².